The third kappa shape index (κ3) is 5.87. The SMILES string of the molecule is CCC(C)N1CCN(c2cc(NC(=O)c3ccc(C)c(-n4cc(-c5cn[nH]c5C)nn4)c3)cc(C(F)(F)F)c2F)CC1. The summed E-state index contributed by atoms with van der Waals surface area (Å²) in [6, 6.07) is 7.09. The lowest BCUT2D eigenvalue weighted by molar-refractivity contribution is -0.139. The fourth-order valence-corrected chi connectivity index (χ4v) is 5.09. The molecule has 3 heterocycles. The van der Waals surface area contributed by atoms with Crippen LogP contribution in [0.15, 0.2) is 42.7 Å². The van der Waals surface area contributed by atoms with Crippen LogP contribution in [0.25, 0.3) is 16.9 Å². The van der Waals surface area contributed by atoms with E-state index in [2.05, 4.69) is 44.6 Å². The number of nitrogens with one attached hydrogen (secondary N) is 2. The molecule has 0 aliphatic carbocycles. The molecular weight excluding hydrogens is 552 g/mol. The molecule has 222 valence electrons. The number of nitrogens with zero attached hydrogens (tertiary/aromatic N) is 6. The van der Waals surface area contributed by atoms with E-state index < -0.39 is 23.5 Å². The van der Waals surface area contributed by atoms with E-state index in [0.29, 0.717) is 49.7 Å². The van der Waals surface area contributed by atoms with Gasteiger partial charge in [-0.2, -0.15) is 18.3 Å². The smallest absolute Gasteiger partial charge is 0.367 e. The van der Waals surface area contributed by atoms with Gasteiger partial charge in [0, 0.05) is 54.7 Å². The van der Waals surface area contributed by atoms with E-state index in [-0.39, 0.29) is 16.9 Å². The maximum Gasteiger partial charge on any atom is 0.419 e. The van der Waals surface area contributed by atoms with Gasteiger partial charge in [-0.15, -0.1) is 5.10 Å². The van der Waals surface area contributed by atoms with Gasteiger partial charge in [0.1, 0.15) is 5.69 Å². The summed E-state index contributed by atoms with van der Waals surface area (Å²) >= 11 is 0. The minimum atomic E-state index is -4.94. The van der Waals surface area contributed by atoms with Gasteiger partial charge < -0.3 is 10.2 Å². The number of halogens is 4. The number of H-pyrrole nitrogens is 1. The lowest BCUT2D eigenvalue weighted by Crippen LogP contribution is -2.49. The molecule has 1 fully saturated rings. The van der Waals surface area contributed by atoms with Crippen molar-refractivity contribution in [1.29, 1.82) is 0 Å². The van der Waals surface area contributed by atoms with Crippen molar-refractivity contribution in [2.24, 2.45) is 0 Å². The van der Waals surface area contributed by atoms with Gasteiger partial charge in [0.15, 0.2) is 5.82 Å². The highest BCUT2D eigenvalue weighted by Gasteiger charge is 2.37. The molecule has 4 aromatic rings. The Labute approximate surface area is 240 Å². The van der Waals surface area contributed by atoms with Crippen LogP contribution >= 0.6 is 0 Å². The summed E-state index contributed by atoms with van der Waals surface area (Å²) in [5.41, 5.74) is 1.99. The number of piperazine rings is 1. The van der Waals surface area contributed by atoms with Crippen molar-refractivity contribution >= 4 is 17.3 Å². The number of anilines is 2. The molecule has 2 N–H and O–H groups in total. The van der Waals surface area contributed by atoms with Crippen LogP contribution in [-0.2, 0) is 6.18 Å². The standard InChI is InChI=1S/C29H32F4N8O/c1-5-18(3)39-8-10-40(11-9-39)26-14-21(13-23(27(26)30)29(31,32)33)35-28(42)20-7-6-17(2)25(12-20)41-16-24(37-38-41)22-15-34-36-19(22)4/h6-7,12-16,18H,5,8-11H2,1-4H3,(H,34,36)(H,35,42). The third-order valence-corrected chi connectivity index (χ3v) is 7.80. The van der Waals surface area contributed by atoms with E-state index in [1.807, 2.05) is 13.8 Å². The molecule has 1 saturated heterocycles. The quantitative estimate of drug-likeness (QED) is 0.275. The topological polar surface area (TPSA) is 95.0 Å². The van der Waals surface area contributed by atoms with E-state index in [0.717, 1.165) is 23.2 Å². The van der Waals surface area contributed by atoms with Crippen LogP contribution < -0.4 is 10.2 Å². The molecule has 1 amide bonds. The predicted molar refractivity (Wildman–Crippen MR) is 151 cm³/mol. The summed E-state index contributed by atoms with van der Waals surface area (Å²) in [6.45, 7) is 9.80. The Bertz CT molecular complexity index is 1590. The van der Waals surface area contributed by atoms with E-state index >= 15 is 4.39 Å². The van der Waals surface area contributed by atoms with Crippen molar-refractivity contribution in [1.82, 2.24) is 30.1 Å². The molecule has 9 nitrogen and oxygen atoms in total. The lowest BCUT2D eigenvalue weighted by atomic mass is 10.1. The van der Waals surface area contributed by atoms with Crippen LogP contribution in [0.2, 0.25) is 0 Å². The van der Waals surface area contributed by atoms with Crippen LogP contribution in [0, 0.1) is 19.7 Å². The molecule has 2 aromatic heterocycles. The molecule has 1 aliphatic heterocycles. The second kappa shape index (κ2) is 11.6. The fourth-order valence-electron chi connectivity index (χ4n) is 5.09. The van der Waals surface area contributed by atoms with Gasteiger partial charge in [-0.3, -0.25) is 14.8 Å². The maximum atomic E-state index is 15.2. The highest BCUT2D eigenvalue weighted by Crippen LogP contribution is 2.38. The van der Waals surface area contributed by atoms with Crippen LogP contribution in [0.3, 0.4) is 0 Å². The number of rotatable bonds is 7. The van der Waals surface area contributed by atoms with E-state index in [1.54, 1.807) is 35.5 Å². The Morgan fingerprint density at radius 2 is 1.83 bits per heavy atom. The summed E-state index contributed by atoms with van der Waals surface area (Å²) < 4.78 is 58.3. The first-order valence-corrected chi connectivity index (χ1v) is 13.7. The number of aromatic nitrogens is 5. The number of aromatic amines is 1. The van der Waals surface area contributed by atoms with Gasteiger partial charge in [0.25, 0.3) is 5.91 Å². The van der Waals surface area contributed by atoms with E-state index in [1.165, 1.54) is 10.7 Å². The molecule has 1 aliphatic rings. The van der Waals surface area contributed by atoms with Crippen molar-refractivity contribution in [2.75, 3.05) is 36.4 Å². The number of benzene rings is 2. The van der Waals surface area contributed by atoms with E-state index in [4.69, 9.17) is 0 Å². The Balaban J connectivity index is 1.41. The Morgan fingerprint density at radius 1 is 1.10 bits per heavy atom. The number of hydrogen-bond acceptors (Lipinski definition) is 6. The number of amides is 1. The summed E-state index contributed by atoms with van der Waals surface area (Å²) in [5, 5.41) is 17.8. The average Bonchev–Trinajstić information content (AvgIpc) is 3.62. The predicted octanol–water partition coefficient (Wildman–Crippen LogP) is 5.60. The fraction of sp³-hybridized carbons (Fsp3) is 0.379. The monoisotopic (exact) mass is 584 g/mol. The van der Waals surface area contributed by atoms with Gasteiger partial charge in [-0.1, -0.05) is 18.2 Å². The van der Waals surface area contributed by atoms with Crippen molar-refractivity contribution in [3.8, 4) is 16.9 Å². The number of hydrogen-bond donors (Lipinski definition) is 2. The largest absolute Gasteiger partial charge is 0.419 e. The Morgan fingerprint density at radius 3 is 2.48 bits per heavy atom. The van der Waals surface area contributed by atoms with Crippen LogP contribution in [0.1, 0.15) is 47.4 Å². The molecule has 2 aromatic carbocycles. The minimum absolute atomic E-state index is 0.145. The normalized spacial score (nSPS) is 15.2. The molecule has 1 atom stereocenters. The average molecular weight is 585 g/mol. The number of carbonyl (C=O) groups excluding carboxylic acids is 1. The first-order valence-electron chi connectivity index (χ1n) is 13.7. The van der Waals surface area contributed by atoms with Crippen LogP contribution in [-0.4, -0.2) is 68.2 Å². The molecular formula is C29H32F4N8O. The molecule has 5 rings (SSSR count). The molecule has 0 saturated carbocycles. The van der Waals surface area contributed by atoms with E-state index in [9.17, 15) is 18.0 Å². The first kappa shape index (κ1) is 29.2. The van der Waals surface area contributed by atoms with Crippen LogP contribution in [0.5, 0.6) is 0 Å². The molecule has 1 unspecified atom stereocenters. The van der Waals surface area contributed by atoms with Crippen molar-refractivity contribution in [3.05, 3.63) is 70.9 Å². The Hall–Kier alpha value is -4.26. The highest BCUT2D eigenvalue weighted by atomic mass is 19.4. The summed E-state index contributed by atoms with van der Waals surface area (Å²) in [4.78, 5) is 17.1. The third-order valence-electron chi connectivity index (χ3n) is 7.80. The second-order valence-corrected chi connectivity index (χ2v) is 10.5. The lowest BCUT2D eigenvalue weighted by Gasteiger charge is -2.39. The molecule has 0 radical (unpaired) electrons. The zero-order chi connectivity index (χ0) is 30.2. The van der Waals surface area contributed by atoms with Gasteiger partial charge in [0.2, 0.25) is 0 Å². The summed E-state index contributed by atoms with van der Waals surface area (Å²) in [7, 11) is 0. The van der Waals surface area contributed by atoms with Crippen molar-refractivity contribution in [2.45, 2.75) is 46.3 Å². The zero-order valence-electron chi connectivity index (χ0n) is 23.8. The summed E-state index contributed by atoms with van der Waals surface area (Å²) in [6.07, 6.45) is -0.660. The minimum Gasteiger partial charge on any atom is -0.367 e. The Kier molecular flexibility index (Phi) is 8.04. The van der Waals surface area contributed by atoms with Crippen molar-refractivity contribution in [3.63, 3.8) is 0 Å². The number of carbonyl (C=O) groups is 1. The second-order valence-electron chi connectivity index (χ2n) is 10.5. The van der Waals surface area contributed by atoms with Gasteiger partial charge in [-0.25, -0.2) is 9.07 Å². The molecule has 0 spiro atoms. The zero-order valence-corrected chi connectivity index (χ0v) is 23.8. The van der Waals surface area contributed by atoms with Gasteiger partial charge in [-0.05, 0) is 57.0 Å². The number of aryl methyl sites for hydroxylation is 2. The summed E-state index contributed by atoms with van der Waals surface area (Å²) in [5.74, 6) is -1.99. The molecule has 0 bridgehead atoms. The van der Waals surface area contributed by atoms with Gasteiger partial charge >= 0.3 is 6.18 Å². The highest BCUT2D eigenvalue weighted by molar-refractivity contribution is 6.05. The maximum absolute atomic E-state index is 15.2. The van der Waals surface area contributed by atoms with Gasteiger partial charge in [0.05, 0.1) is 29.3 Å². The molecule has 13 heteroatoms. The molecule has 42 heavy (non-hydrogen) atoms. The van der Waals surface area contributed by atoms with Crippen molar-refractivity contribution < 1.29 is 22.4 Å². The first-order chi connectivity index (χ1) is 20.0. The number of alkyl halides is 3. The van der Waals surface area contributed by atoms with Crippen LogP contribution in [0.4, 0.5) is 28.9 Å².